The molecule has 0 aliphatic rings. The van der Waals surface area contributed by atoms with E-state index in [0.717, 1.165) is 17.1 Å². The predicted octanol–water partition coefficient (Wildman–Crippen LogP) is 2.93. The van der Waals surface area contributed by atoms with Crippen molar-refractivity contribution < 1.29 is 0 Å². The molecule has 0 amide bonds. The third kappa shape index (κ3) is 3.82. The molecule has 0 spiro atoms. The topological polar surface area (TPSA) is 63.3 Å². The molecule has 0 aliphatic carbocycles. The fraction of sp³-hybridized carbons (Fsp3) is 0.250. The first-order valence-corrected chi connectivity index (χ1v) is 6.61. The van der Waals surface area contributed by atoms with Crippen LogP contribution >= 0.6 is 0 Å². The second-order valence-corrected chi connectivity index (χ2v) is 4.90. The van der Waals surface area contributed by atoms with Gasteiger partial charge in [-0.15, -0.1) is 0 Å². The van der Waals surface area contributed by atoms with E-state index in [1.165, 1.54) is 11.1 Å². The molecule has 1 heterocycles. The van der Waals surface area contributed by atoms with Gasteiger partial charge >= 0.3 is 0 Å². The fourth-order valence-corrected chi connectivity index (χ4v) is 1.86. The van der Waals surface area contributed by atoms with Crippen molar-refractivity contribution in [3.8, 4) is 0 Å². The molecule has 3 N–H and O–H groups in total. The molecule has 0 aliphatic heterocycles. The standard InChI is InChI=1S/C16H20N4/c1-11-7-8-14(9-12(11)2)20-16(17)18-10-15-6-4-5-13(3)19-15/h4-9H,10H2,1-3H3,(H3,17,18,20). The van der Waals surface area contributed by atoms with Gasteiger partial charge in [0, 0.05) is 11.4 Å². The molecule has 4 heteroatoms. The summed E-state index contributed by atoms with van der Waals surface area (Å²) in [6.45, 7) is 6.60. The molecule has 1 aromatic carbocycles. The number of hydrogen-bond donors (Lipinski definition) is 2. The number of nitrogens with one attached hydrogen (secondary N) is 1. The number of guanidine groups is 1. The maximum Gasteiger partial charge on any atom is 0.193 e. The normalized spacial score (nSPS) is 11.4. The third-order valence-corrected chi connectivity index (χ3v) is 3.14. The van der Waals surface area contributed by atoms with Gasteiger partial charge in [-0.1, -0.05) is 12.1 Å². The number of hydrogen-bond acceptors (Lipinski definition) is 2. The minimum atomic E-state index is 0.400. The van der Waals surface area contributed by atoms with E-state index in [0.29, 0.717) is 12.5 Å². The molecule has 20 heavy (non-hydrogen) atoms. The van der Waals surface area contributed by atoms with Crippen LogP contribution in [-0.2, 0) is 6.54 Å². The lowest BCUT2D eigenvalue weighted by atomic mass is 10.1. The van der Waals surface area contributed by atoms with Crippen LogP contribution in [0.3, 0.4) is 0 Å². The molecular formula is C16H20N4. The number of anilines is 1. The monoisotopic (exact) mass is 268 g/mol. The smallest absolute Gasteiger partial charge is 0.193 e. The zero-order valence-electron chi connectivity index (χ0n) is 12.1. The molecule has 0 fully saturated rings. The van der Waals surface area contributed by atoms with E-state index in [4.69, 9.17) is 5.73 Å². The van der Waals surface area contributed by atoms with Crippen LogP contribution in [-0.4, -0.2) is 10.9 Å². The van der Waals surface area contributed by atoms with Gasteiger partial charge in [0.05, 0.1) is 12.2 Å². The van der Waals surface area contributed by atoms with E-state index >= 15 is 0 Å². The summed E-state index contributed by atoms with van der Waals surface area (Å²) in [6.07, 6.45) is 0. The zero-order chi connectivity index (χ0) is 14.5. The lowest BCUT2D eigenvalue weighted by Gasteiger charge is -2.08. The largest absolute Gasteiger partial charge is 0.370 e. The summed E-state index contributed by atoms with van der Waals surface area (Å²) in [5, 5.41) is 3.09. The first-order chi connectivity index (χ1) is 9.54. The van der Waals surface area contributed by atoms with Crippen LogP contribution in [0.5, 0.6) is 0 Å². The predicted molar refractivity (Wildman–Crippen MR) is 83.8 cm³/mol. The highest BCUT2D eigenvalue weighted by molar-refractivity contribution is 5.92. The summed E-state index contributed by atoms with van der Waals surface area (Å²) < 4.78 is 0. The molecule has 2 aromatic rings. The second kappa shape index (κ2) is 6.19. The Bertz CT molecular complexity index is 632. The number of nitrogens with zero attached hydrogens (tertiary/aromatic N) is 2. The van der Waals surface area contributed by atoms with E-state index in [9.17, 15) is 0 Å². The van der Waals surface area contributed by atoms with Crippen LogP contribution in [0.2, 0.25) is 0 Å². The molecule has 104 valence electrons. The number of aliphatic imine (C=N–C) groups is 1. The van der Waals surface area contributed by atoms with E-state index in [1.807, 2.05) is 31.2 Å². The number of benzene rings is 1. The van der Waals surface area contributed by atoms with Gasteiger partial charge in [-0.3, -0.25) is 4.98 Å². The molecule has 4 nitrogen and oxygen atoms in total. The van der Waals surface area contributed by atoms with Crippen LogP contribution in [0.4, 0.5) is 5.69 Å². The Morgan fingerprint density at radius 3 is 2.65 bits per heavy atom. The van der Waals surface area contributed by atoms with Crippen molar-refractivity contribution in [1.29, 1.82) is 0 Å². The Hall–Kier alpha value is -2.36. The van der Waals surface area contributed by atoms with Gasteiger partial charge in [-0.2, -0.15) is 0 Å². The Labute approximate surface area is 119 Å². The summed E-state index contributed by atoms with van der Waals surface area (Å²) in [5.41, 5.74) is 11.2. The van der Waals surface area contributed by atoms with Crippen LogP contribution in [0.15, 0.2) is 41.4 Å². The van der Waals surface area contributed by atoms with Crippen molar-refractivity contribution >= 4 is 11.6 Å². The van der Waals surface area contributed by atoms with Crippen molar-refractivity contribution in [3.63, 3.8) is 0 Å². The van der Waals surface area contributed by atoms with Gasteiger partial charge in [0.15, 0.2) is 5.96 Å². The molecule has 0 saturated heterocycles. The van der Waals surface area contributed by atoms with Crippen molar-refractivity contribution in [2.24, 2.45) is 10.7 Å². The van der Waals surface area contributed by atoms with Crippen molar-refractivity contribution in [2.75, 3.05) is 5.32 Å². The Balaban J connectivity index is 2.02. The van der Waals surface area contributed by atoms with Crippen molar-refractivity contribution in [3.05, 3.63) is 58.9 Å². The summed E-state index contributed by atoms with van der Waals surface area (Å²) in [5.74, 6) is 0.400. The minimum Gasteiger partial charge on any atom is -0.370 e. The van der Waals surface area contributed by atoms with Gasteiger partial charge in [-0.05, 0) is 56.2 Å². The van der Waals surface area contributed by atoms with Gasteiger partial charge in [0.1, 0.15) is 0 Å². The van der Waals surface area contributed by atoms with E-state index in [2.05, 4.69) is 41.3 Å². The van der Waals surface area contributed by atoms with Crippen LogP contribution in [0.25, 0.3) is 0 Å². The molecular weight excluding hydrogens is 248 g/mol. The SMILES string of the molecule is Cc1cccc(CN=C(N)Nc2ccc(C)c(C)c2)n1. The summed E-state index contributed by atoms with van der Waals surface area (Å²) in [4.78, 5) is 8.69. The van der Waals surface area contributed by atoms with Crippen LogP contribution < -0.4 is 11.1 Å². The first-order valence-electron chi connectivity index (χ1n) is 6.61. The van der Waals surface area contributed by atoms with Crippen LogP contribution in [0, 0.1) is 20.8 Å². The summed E-state index contributed by atoms with van der Waals surface area (Å²) in [7, 11) is 0. The van der Waals surface area contributed by atoms with Crippen LogP contribution in [0.1, 0.15) is 22.5 Å². The number of rotatable bonds is 3. The Morgan fingerprint density at radius 2 is 1.95 bits per heavy atom. The maximum atomic E-state index is 5.89. The van der Waals surface area contributed by atoms with Crippen molar-refractivity contribution in [2.45, 2.75) is 27.3 Å². The molecule has 1 aromatic heterocycles. The van der Waals surface area contributed by atoms with E-state index in [1.54, 1.807) is 0 Å². The fourth-order valence-electron chi connectivity index (χ4n) is 1.86. The summed E-state index contributed by atoms with van der Waals surface area (Å²) >= 11 is 0. The molecule has 0 unspecified atom stereocenters. The van der Waals surface area contributed by atoms with Gasteiger partial charge in [-0.25, -0.2) is 4.99 Å². The van der Waals surface area contributed by atoms with Crippen molar-refractivity contribution in [1.82, 2.24) is 4.98 Å². The zero-order valence-corrected chi connectivity index (χ0v) is 12.1. The van der Waals surface area contributed by atoms with Gasteiger partial charge in [0.2, 0.25) is 0 Å². The maximum absolute atomic E-state index is 5.89. The molecule has 0 bridgehead atoms. The molecule has 0 radical (unpaired) electrons. The highest BCUT2D eigenvalue weighted by Crippen LogP contribution is 2.13. The quantitative estimate of drug-likeness (QED) is 0.664. The number of aryl methyl sites for hydroxylation is 3. The highest BCUT2D eigenvalue weighted by atomic mass is 15.1. The number of pyridine rings is 1. The Morgan fingerprint density at radius 1 is 1.15 bits per heavy atom. The minimum absolute atomic E-state index is 0.400. The second-order valence-electron chi connectivity index (χ2n) is 4.90. The summed E-state index contributed by atoms with van der Waals surface area (Å²) in [6, 6.07) is 12.0. The van der Waals surface area contributed by atoms with E-state index < -0.39 is 0 Å². The number of aromatic nitrogens is 1. The molecule has 2 rings (SSSR count). The first kappa shape index (κ1) is 14.1. The molecule has 0 saturated carbocycles. The highest BCUT2D eigenvalue weighted by Gasteiger charge is 1.99. The average Bonchev–Trinajstić information content (AvgIpc) is 2.41. The number of nitrogens with two attached hydrogens (primary N) is 1. The Kier molecular flexibility index (Phi) is 4.35. The lowest BCUT2D eigenvalue weighted by molar-refractivity contribution is 0.965. The molecule has 0 atom stereocenters. The van der Waals surface area contributed by atoms with Gasteiger partial charge in [0.25, 0.3) is 0 Å². The third-order valence-electron chi connectivity index (χ3n) is 3.14. The van der Waals surface area contributed by atoms with E-state index in [-0.39, 0.29) is 0 Å². The van der Waals surface area contributed by atoms with Gasteiger partial charge < -0.3 is 11.1 Å². The average molecular weight is 268 g/mol. The lowest BCUT2D eigenvalue weighted by Crippen LogP contribution is -2.22.